The Morgan fingerprint density at radius 2 is 2.23 bits per heavy atom. The molecule has 116 valence electrons. The number of alkyl halides is 1. The summed E-state index contributed by atoms with van der Waals surface area (Å²) in [5.74, 6) is -0.170. The van der Waals surface area contributed by atoms with E-state index in [0.717, 1.165) is 29.5 Å². The number of fused-ring (bicyclic) bond motifs is 1. The summed E-state index contributed by atoms with van der Waals surface area (Å²) in [5, 5.41) is 2.14. The van der Waals surface area contributed by atoms with Gasteiger partial charge in [-0.15, -0.1) is 11.3 Å². The second-order valence-corrected chi connectivity index (χ2v) is 7.11. The zero-order valence-electron chi connectivity index (χ0n) is 12.4. The lowest BCUT2D eigenvalue weighted by Crippen LogP contribution is -2.38. The fourth-order valence-electron chi connectivity index (χ4n) is 3.00. The van der Waals surface area contributed by atoms with Crippen molar-refractivity contribution >= 4 is 39.9 Å². The van der Waals surface area contributed by atoms with Crippen molar-refractivity contribution in [1.29, 1.82) is 0 Å². The summed E-state index contributed by atoms with van der Waals surface area (Å²) < 4.78 is 6.00. The zero-order chi connectivity index (χ0) is 15.5. The third kappa shape index (κ3) is 3.07. The van der Waals surface area contributed by atoms with Crippen molar-refractivity contribution in [2.75, 3.05) is 13.7 Å². The van der Waals surface area contributed by atoms with Crippen LogP contribution >= 0.6 is 33.9 Å². The number of carbonyl (C=O) groups is 1. The molecule has 3 rings (SSSR count). The van der Waals surface area contributed by atoms with E-state index < -0.39 is 0 Å². The summed E-state index contributed by atoms with van der Waals surface area (Å²) in [6.07, 6.45) is 1.01. The molecule has 0 saturated carbocycles. The molecule has 0 amide bonds. The third-order valence-corrected chi connectivity index (χ3v) is 5.97. The van der Waals surface area contributed by atoms with E-state index in [1.54, 1.807) is 0 Å². The number of esters is 1. The number of halogens is 1. The lowest BCUT2D eigenvalue weighted by molar-refractivity contribution is -0.147. The number of hydrogen-bond donors (Lipinski definition) is 0. The van der Waals surface area contributed by atoms with Gasteiger partial charge in [0.1, 0.15) is 6.04 Å². The highest BCUT2D eigenvalue weighted by atomic mass is 127. The minimum Gasteiger partial charge on any atom is -0.468 e. The smallest absolute Gasteiger partial charge is 0.327 e. The molecule has 0 N–H and O–H groups in total. The Bertz CT molecular complexity index is 670. The zero-order valence-corrected chi connectivity index (χ0v) is 15.4. The molecule has 1 aromatic carbocycles. The Hall–Kier alpha value is -0.920. The minimum absolute atomic E-state index is 0.170. The maximum Gasteiger partial charge on any atom is 0.327 e. The van der Waals surface area contributed by atoms with Gasteiger partial charge in [0.05, 0.1) is 7.11 Å². The average Bonchev–Trinajstić information content (AvgIpc) is 3.03. The topological polar surface area (TPSA) is 29.5 Å². The summed E-state index contributed by atoms with van der Waals surface area (Å²) in [5.41, 5.74) is 3.62. The lowest BCUT2D eigenvalue weighted by atomic mass is 9.97. The van der Waals surface area contributed by atoms with Crippen LogP contribution in [0, 0.1) is 0 Å². The van der Waals surface area contributed by atoms with Gasteiger partial charge in [0, 0.05) is 22.4 Å². The second-order valence-electron chi connectivity index (χ2n) is 5.35. The van der Waals surface area contributed by atoms with Crippen LogP contribution < -0.4 is 0 Å². The van der Waals surface area contributed by atoms with Crippen molar-refractivity contribution in [3.8, 4) is 0 Å². The number of ether oxygens (including phenoxy) is 1. The molecule has 0 saturated heterocycles. The Kier molecular flexibility index (Phi) is 5.15. The number of carbonyl (C=O) groups excluding carboxylic acids is 1. The van der Waals surface area contributed by atoms with Crippen LogP contribution in [0.5, 0.6) is 0 Å². The van der Waals surface area contributed by atoms with Crippen molar-refractivity contribution in [3.05, 3.63) is 57.3 Å². The summed E-state index contributed by atoms with van der Waals surface area (Å²) >= 11 is 4.16. The molecule has 0 fully saturated rings. The van der Waals surface area contributed by atoms with Crippen molar-refractivity contribution < 1.29 is 9.53 Å². The van der Waals surface area contributed by atoms with Gasteiger partial charge < -0.3 is 4.74 Å². The summed E-state index contributed by atoms with van der Waals surface area (Å²) in [6, 6.07) is 10.0. The molecule has 5 heteroatoms. The van der Waals surface area contributed by atoms with Crippen molar-refractivity contribution in [2.45, 2.75) is 23.4 Å². The van der Waals surface area contributed by atoms with E-state index in [0.29, 0.717) is 0 Å². The standard InChI is InChI=1S/C17H18INO2S/c1-21-17(20)16(14-5-3-2-4-12(14)10-18)19-8-6-15-13(11-19)7-9-22-15/h2-5,7,9,16H,6,8,10-11H2,1H3/t16-/m0/s1. The van der Waals surface area contributed by atoms with Crippen LogP contribution in [0.4, 0.5) is 0 Å². The molecule has 0 aliphatic carbocycles. The highest BCUT2D eigenvalue weighted by Gasteiger charge is 2.32. The number of hydrogen-bond acceptors (Lipinski definition) is 4. The molecule has 0 spiro atoms. The van der Waals surface area contributed by atoms with Gasteiger partial charge in [-0.25, -0.2) is 4.79 Å². The molecule has 0 radical (unpaired) electrons. The van der Waals surface area contributed by atoms with E-state index in [4.69, 9.17) is 4.74 Å². The van der Waals surface area contributed by atoms with Gasteiger partial charge in [0.25, 0.3) is 0 Å². The monoisotopic (exact) mass is 427 g/mol. The van der Waals surface area contributed by atoms with Crippen LogP contribution in [0.3, 0.4) is 0 Å². The van der Waals surface area contributed by atoms with Crippen molar-refractivity contribution in [2.24, 2.45) is 0 Å². The Balaban J connectivity index is 1.96. The van der Waals surface area contributed by atoms with Crippen LogP contribution in [-0.4, -0.2) is 24.5 Å². The van der Waals surface area contributed by atoms with Gasteiger partial charge in [-0.05, 0) is 34.6 Å². The van der Waals surface area contributed by atoms with Crippen LogP contribution in [0.15, 0.2) is 35.7 Å². The fraction of sp³-hybridized carbons (Fsp3) is 0.353. The normalized spacial score (nSPS) is 16.1. The largest absolute Gasteiger partial charge is 0.468 e. The summed E-state index contributed by atoms with van der Waals surface area (Å²) in [6.45, 7) is 1.71. The Morgan fingerprint density at radius 3 is 3.00 bits per heavy atom. The minimum atomic E-state index is -0.316. The molecule has 1 aliphatic rings. The van der Waals surface area contributed by atoms with Crippen molar-refractivity contribution in [1.82, 2.24) is 4.90 Å². The first-order valence-corrected chi connectivity index (χ1v) is 9.66. The molecule has 0 bridgehead atoms. The maximum atomic E-state index is 12.5. The molecule has 2 heterocycles. The average molecular weight is 427 g/mol. The van der Waals surface area contributed by atoms with E-state index in [2.05, 4.69) is 51.1 Å². The van der Waals surface area contributed by atoms with E-state index in [-0.39, 0.29) is 12.0 Å². The molecule has 1 aromatic heterocycles. The van der Waals surface area contributed by atoms with Gasteiger partial charge in [0.15, 0.2) is 0 Å². The fourth-order valence-corrected chi connectivity index (χ4v) is 4.58. The quantitative estimate of drug-likeness (QED) is 0.421. The second kappa shape index (κ2) is 7.10. The number of thiophene rings is 1. The number of benzene rings is 1. The van der Waals surface area contributed by atoms with Crippen LogP contribution in [0.25, 0.3) is 0 Å². The third-order valence-electron chi connectivity index (χ3n) is 4.12. The van der Waals surface area contributed by atoms with E-state index in [1.807, 2.05) is 23.5 Å². The van der Waals surface area contributed by atoms with Crippen LogP contribution in [0.2, 0.25) is 0 Å². The SMILES string of the molecule is COC(=O)[C@H](c1ccccc1CI)N1CCc2sccc2C1. The predicted octanol–water partition coefficient (Wildman–Crippen LogP) is 3.96. The van der Waals surface area contributed by atoms with E-state index >= 15 is 0 Å². The van der Waals surface area contributed by atoms with E-state index in [9.17, 15) is 4.79 Å². The predicted molar refractivity (Wildman–Crippen MR) is 97.4 cm³/mol. The Morgan fingerprint density at radius 1 is 1.41 bits per heavy atom. The first kappa shape index (κ1) is 16.0. The van der Waals surface area contributed by atoms with Gasteiger partial charge >= 0.3 is 5.97 Å². The highest BCUT2D eigenvalue weighted by molar-refractivity contribution is 14.1. The van der Waals surface area contributed by atoms with Gasteiger partial charge in [0.2, 0.25) is 0 Å². The van der Waals surface area contributed by atoms with Crippen LogP contribution in [-0.2, 0) is 26.9 Å². The number of methoxy groups -OCH3 is 1. The molecule has 2 aromatic rings. The van der Waals surface area contributed by atoms with Gasteiger partial charge in [-0.2, -0.15) is 0 Å². The van der Waals surface area contributed by atoms with Crippen LogP contribution in [0.1, 0.15) is 27.6 Å². The van der Waals surface area contributed by atoms with Gasteiger partial charge in [-0.1, -0.05) is 46.9 Å². The van der Waals surface area contributed by atoms with E-state index in [1.165, 1.54) is 23.1 Å². The number of nitrogens with zero attached hydrogens (tertiary/aromatic N) is 1. The number of rotatable bonds is 4. The molecular formula is C17H18INO2S. The first-order chi connectivity index (χ1) is 10.7. The summed E-state index contributed by atoms with van der Waals surface area (Å²) in [7, 11) is 1.47. The molecule has 0 unspecified atom stereocenters. The maximum absolute atomic E-state index is 12.5. The first-order valence-electron chi connectivity index (χ1n) is 7.25. The lowest BCUT2D eigenvalue weighted by Gasteiger charge is -2.33. The highest BCUT2D eigenvalue weighted by Crippen LogP contribution is 2.33. The molecule has 3 nitrogen and oxygen atoms in total. The molecule has 1 atom stereocenters. The molecule has 1 aliphatic heterocycles. The van der Waals surface area contributed by atoms with Crippen molar-refractivity contribution in [3.63, 3.8) is 0 Å². The molecular weight excluding hydrogens is 409 g/mol. The Labute approximate surface area is 148 Å². The van der Waals surface area contributed by atoms with Gasteiger partial charge in [-0.3, -0.25) is 4.90 Å². The molecule has 22 heavy (non-hydrogen) atoms. The summed E-state index contributed by atoms with van der Waals surface area (Å²) in [4.78, 5) is 16.2.